The smallest absolute Gasteiger partial charge is 0.0355 e. The lowest BCUT2D eigenvalue weighted by molar-refractivity contribution is 1.50. The fourth-order valence-corrected chi connectivity index (χ4v) is 4.30. The van der Waals surface area contributed by atoms with Crippen molar-refractivity contribution in [2.24, 2.45) is 0 Å². The van der Waals surface area contributed by atoms with E-state index >= 15 is 0 Å². The van der Waals surface area contributed by atoms with E-state index < -0.39 is 0 Å². The van der Waals surface area contributed by atoms with Gasteiger partial charge in [0.25, 0.3) is 0 Å². The Balaban J connectivity index is -0.000000462. The molecule has 0 aliphatic rings. The number of rotatable bonds is 0. The van der Waals surface area contributed by atoms with Crippen LogP contribution in [0.4, 0.5) is 0 Å². The Kier molecular flexibility index (Phi) is 33.6. The molecule has 224 valence electrons. The Morgan fingerprint density at radius 1 is 0.268 bits per heavy atom. The molecule has 1 aromatic heterocycles. The van der Waals surface area contributed by atoms with Gasteiger partial charge in [-0.25, -0.2) is 0 Å². The van der Waals surface area contributed by atoms with Crippen molar-refractivity contribution in [1.29, 1.82) is 0 Å². The summed E-state index contributed by atoms with van der Waals surface area (Å²) in [5.41, 5.74) is 0. The van der Waals surface area contributed by atoms with Crippen molar-refractivity contribution in [3.63, 3.8) is 0 Å². The Morgan fingerprint density at radius 3 is 0.756 bits per heavy atom. The molecule has 0 atom stereocenters. The lowest BCUT2D eigenvalue weighted by Gasteiger charge is -1.92. The van der Waals surface area contributed by atoms with Gasteiger partial charge in [-0.05, 0) is 22.9 Å². The Bertz CT molecular complexity index is 1160. The first-order valence-corrected chi connectivity index (χ1v) is 16.5. The van der Waals surface area contributed by atoms with Gasteiger partial charge in [-0.1, -0.05) is 204 Å². The van der Waals surface area contributed by atoms with Crippen LogP contribution >= 0.6 is 11.3 Å². The first-order valence-electron chi connectivity index (χ1n) is 15.7. The van der Waals surface area contributed by atoms with E-state index in [9.17, 15) is 0 Å². The highest BCUT2D eigenvalue weighted by Crippen LogP contribution is 2.32. The summed E-state index contributed by atoms with van der Waals surface area (Å²) >= 11 is 1.86. The third-order valence-corrected chi connectivity index (χ3v) is 5.76. The van der Waals surface area contributed by atoms with Crippen LogP contribution in [0.1, 0.15) is 83.1 Å². The zero-order valence-corrected chi connectivity index (χ0v) is 28.9. The average molecular weight is 571 g/mol. The lowest BCUT2D eigenvalue weighted by Crippen LogP contribution is -1.67. The predicted octanol–water partition coefficient (Wildman–Crippen LogP) is 14.7. The zero-order chi connectivity index (χ0) is 31.7. The molecule has 0 radical (unpaired) electrons. The summed E-state index contributed by atoms with van der Waals surface area (Å²) in [7, 11) is 0. The monoisotopic (exact) mass is 570 g/mol. The van der Waals surface area contributed by atoms with Crippen LogP contribution in [0.15, 0.2) is 133 Å². The van der Waals surface area contributed by atoms with E-state index in [0.717, 1.165) is 0 Å². The summed E-state index contributed by atoms with van der Waals surface area (Å²) in [4.78, 5) is 0. The molecular formula is C40H58S. The second kappa shape index (κ2) is 32.8. The van der Waals surface area contributed by atoms with E-state index in [4.69, 9.17) is 0 Å². The minimum Gasteiger partial charge on any atom is -0.135 e. The summed E-state index contributed by atoms with van der Waals surface area (Å²) in [6.45, 7) is 24.0. The van der Waals surface area contributed by atoms with Crippen LogP contribution in [-0.2, 0) is 0 Å². The Hall–Kier alpha value is -3.42. The highest BCUT2D eigenvalue weighted by Gasteiger charge is 2.01. The van der Waals surface area contributed by atoms with E-state index in [2.05, 4.69) is 97.1 Å². The summed E-state index contributed by atoms with van der Waals surface area (Å²) in [5, 5.41) is 5.38. The molecule has 0 bridgehead atoms. The van der Waals surface area contributed by atoms with Crippen LogP contribution < -0.4 is 0 Å². The van der Waals surface area contributed by atoms with E-state index in [1.165, 1.54) is 30.9 Å². The number of thiophene rings is 1. The molecule has 0 fully saturated rings. The van der Waals surface area contributed by atoms with Crippen molar-refractivity contribution in [3.05, 3.63) is 133 Å². The third kappa shape index (κ3) is 17.1. The lowest BCUT2D eigenvalue weighted by atomic mass is 10.1. The molecule has 1 heteroatoms. The molecular weight excluding hydrogens is 513 g/mol. The average Bonchev–Trinajstić information content (AvgIpc) is 3.50. The highest BCUT2D eigenvalue weighted by molar-refractivity contribution is 7.25. The number of benzene rings is 5. The van der Waals surface area contributed by atoms with Crippen molar-refractivity contribution in [2.75, 3.05) is 0 Å². The van der Waals surface area contributed by atoms with E-state index in [-0.39, 0.29) is 0 Å². The molecule has 0 aliphatic carbocycles. The molecule has 0 nitrogen and oxygen atoms in total. The van der Waals surface area contributed by atoms with Crippen LogP contribution in [0.25, 0.3) is 30.9 Å². The molecule has 6 rings (SSSR count). The first kappa shape index (κ1) is 42.1. The summed E-state index contributed by atoms with van der Waals surface area (Å²) in [6, 6.07) is 45.8. The summed E-state index contributed by atoms with van der Waals surface area (Å²) < 4.78 is 2.76. The zero-order valence-electron chi connectivity index (χ0n) is 28.1. The van der Waals surface area contributed by atoms with Crippen LogP contribution in [0.3, 0.4) is 0 Å². The summed E-state index contributed by atoms with van der Waals surface area (Å²) in [6.07, 6.45) is 0. The molecule has 6 aromatic rings. The van der Waals surface area contributed by atoms with Crippen LogP contribution in [-0.4, -0.2) is 0 Å². The number of fused-ring (bicyclic) bond motifs is 4. The van der Waals surface area contributed by atoms with Crippen LogP contribution in [0.5, 0.6) is 0 Å². The van der Waals surface area contributed by atoms with Gasteiger partial charge in [0.15, 0.2) is 0 Å². The maximum atomic E-state index is 2.19. The predicted molar refractivity (Wildman–Crippen MR) is 198 cm³/mol. The molecule has 0 aliphatic heterocycles. The Labute approximate surface area is 258 Å². The molecule has 0 spiro atoms. The normalized spacial score (nSPS) is 8.00. The minimum absolute atomic E-state index is 1.31. The van der Waals surface area contributed by atoms with Gasteiger partial charge in [-0.2, -0.15) is 0 Å². The van der Waals surface area contributed by atoms with Crippen molar-refractivity contribution < 1.29 is 0 Å². The quantitative estimate of drug-likeness (QED) is 0.170. The fraction of sp³-hybridized carbons (Fsp3) is 0.300. The molecule has 0 amide bonds. The second-order valence-electron chi connectivity index (χ2n) is 6.60. The molecule has 0 N–H and O–H groups in total. The van der Waals surface area contributed by atoms with Gasteiger partial charge in [-0.3, -0.25) is 0 Å². The summed E-state index contributed by atoms with van der Waals surface area (Å²) in [5.74, 6) is 0. The standard InChI is InChI=1S/C12H8S.C10H8.C6H6.6C2H6/c1-3-7-11-9(5-1)10-6-2-4-8-12(10)13-11;1-2-6-10-8-4-3-7-9(10)5-1;1-2-4-6-5-3-1;6*1-2/h1-8H;1-8H;1-6H;6*1-2H3. The molecule has 5 aromatic carbocycles. The van der Waals surface area contributed by atoms with Gasteiger partial charge in [0.1, 0.15) is 0 Å². The molecule has 0 saturated heterocycles. The van der Waals surface area contributed by atoms with E-state index in [0.29, 0.717) is 0 Å². The number of hydrogen-bond acceptors (Lipinski definition) is 1. The topological polar surface area (TPSA) is 0 Å². The maximum absolute atomic E-state index is 2.19. The third-order valence-electron chi connectivity index (χ3n) is 4.61. The SMILES string of the molecule is CC.CC.CC.CC.CC.CC.c1ccc2c(c1)sc1ccccc12.c1ccc2ccccc2c1.c1ccccc1. The number of hydrogen-bond donors (Lipinski definition) is 0. The minimum atomic E-state index is 1.31. The first-order chi connectivity index (χ1) is 20.4. The van der Waals surface area contributed by atoms with Gasteiger partial charge < -0.3 is 0 Å². The van der Waals surface area contributed by atoms with Gasteiger partial charge in [-0.15, -0.1) is 11.3 Å². The van der Waals surface area contributed by atoms with Gasteiger partial charge >= 0.3 is 0 Å². The van der Waals surface area contributed by atoms with Crippen molar-refractivity contribution in [3.8, 4) is 0 Å². The van der Waals surface area contributed by atoms with Crippen molar-refractivity contribution in [1.82, 2.24) is 0 Å². The van der Waals surface area contributed by atoms with Gasteiger partial charge in [0.05, 0.1) is 0 Å². The maximum Gasteiger partial charge on any atom is 0.0355 e. The van der Waals surface area contributed by atoms with E-state index in [1.807, 2.05) is 131 Å². The van der Waals surface area contributed by atoms with Crippen molar-refractivity contribution in [2.45, 2.75) is 83.1 Å². The van der Waals surface area contributed by atoms with Gasteiger partial charge in [0.2, 0.25) is 0 Å². The highest BCUT2D eigenvalue weighted by atomic mass is 32.1. The second-order valence-corrected chi connectivity index (χ2v) is 7.68. The Morgan fingerprint density at radius 2 is 0.488 bits per heavy atom. The van der Waals surface area contributed by atoms with Crippen molar-refractivity contribution >= 4 is 42.3 Å². The van der Waals surface area contributed by atoms with Gasteiger partial charge in [0, 0.05) is 20.2 Å². The molecule has 1 heterocycles. The molecule has 0 saturated carbocycles. The molecule has 41 heavy (non-hydrogen) atoms. The fourth-order valence-electron chi connectivity index (χ4n) is 3.19. The molecule has 0 unspecified atom stereocenters. The van der Waals surface area contributed by atoms with Crippen LogP contribution in [0, 0.1) is 0 Å². The van der Waals surface area contributed by atoms with Crippen LogP contribution in [0.2, 0.25) is 0 Å². The van der Waals surface area contributed by atoms with E-state index in [1.54, 1.807) is 0 Å². The largest absolute Gasteiger partial charge is 0.135 e.